The molecule has 0 saturated carbocycles. The number of Topliss-reactive ketones (excluding diaryl/α,β-unsaturated/α-hetero) is 1. The van der Waals surface area contributed by atoms with E-state index in [-0.39, 0.29) is 12.4 Å². The van der Waals surface area contributed by atoms with Crippen molar-refractivity contribution < 1.29 is 19.1 Å². The number of ketones is 1. The maximum Gasteiger partial charge on any atom is 0.339 e. The van der Waals surface area contributed by atoms with Crippen molar-refractivity contribution in [1.82, 2.24) is 9.88 Å². The van der Waals surface area contributed by atoms with Crippen molar-refractivity contribution in [3.8, 4) is 5.75 Å². The number of aromatic nitrogens is 1. The van der Waals surface area contributed by atoms with Crippen molar-refractivity contribution in [3.63, 3.8) is 0 Å². The second-order valence-electron chi connectivity index (χ2n) is 8.58. The van der Waals surface area contributed by atoms with Gasteiger partial charge < -0.3 is 9.47 Å². The van der Waals surface area contributed by atoms with E-state index in [2.05, 4.69) is 17.0 Å². The van der Waals surface area contributed by atoms with E-state index in [1.165, 1.54) is 12.7 Å². The fourth-order valence-corrected chi connectivity index (χ4v) is 4.61. The van der Waals surface area contributed by atoms with Crippen LogP contribution in [0.5, 0.6) is 5.75 Å². The molecule has 1 aliphatic rings. The SMILES string of the molecule is COc1ccccc1C(=O)COC(=O)c1c2c(nc3ccccc13)CCN(Cc1ccccc1)C2. The van der Waals surface area contributed by atoms with Gasteiger partial charge in [0, 0.05) is 42.7 Å². The zero-order chi connectivity index (χ0) is 24.2. The summed E-state index contributed by atoms with van der Waals surface area (Å²) in [4.78, 5) is 33.4. The normalized spacial score (nSPS) is 13.3. The van der Waals surface area contributed by atoms with E-state index < -0.39 is 5.97 Å². The number of para-hydroxylation sites is 2. The van der Waals surface area contributed by atoms with E-state index in [1.807, 2.05) is 42.5 Å². The zero-order valence-corrected chi connectivity index (χ0v) is 19.6. The highest BCUT2D eigenvalue weighted by Crippen LogP contribution is 2.29. The molecule has 0 atom stereocenters. The topological polar surface area (TPSA) is 68.7 Å². The van der Waals surface area contributed by atoms with E-state index in [4.69, 9.17) is 14.5 Å². The molecular formula is C29H26N2O4. The van der Waals surface area contributed by atoms with Crippen molar-refractivity contribution in [1.29, 1.82) is 0 Å². The molecule has 0 unspecified atom stereocenters. The number of nitrogens with zero attached hydrogens (tertiary/aromatic N) is 2. The summed E-state index contributed by atoms with van der Waals surface area (Å²) in [5, 5.41) is 0.738. The molecule has 5 rings (SSSR count). The molecule has 0 saturated heterocycles. The van der Waals surface area contributed by atoms with Gasteiger partial charge in [0.15, 0.2) is 6.61 Å². The fourth-order valence-electron chi connectivity index (χ4n) is 4.61. The monoisotopic (exact) mass is 466 g/mol. The molecule has 0 fully saturated rings. The molecule has 6 nitrogen and oxygen atoms in total. The molecule has 0 N–H and O–H groups in total. The Kier molecular flexibility index (Phi) is 6.55. The molecule has 0 radical (unpaired) electrons. The third-order valence-corrected chi connectivity index (χ3v) is 6.32. The van der Waals surface area contributed by atoms with E-state index in [0.717, 1.165) is 41.7 Å². The summed E-state index contributed by atoms with van der Waals surface area (Å²) in [6.07, 6.45) is 0.743. The molecule has 4 aromatic rings. The molecule has 6 heteroatoms. The van der Waals surface area contributed by atoms with Gasteiger partial charge >= 0.3 is 5.97 Å². The molecule has 0 spiro atoms. The van der Waals surface area contributed by atoms with Gasteiger partial charge in [0.25, 0.3) is 0 Å². The van der Waals surface area contributed by atoms with Crippen molar-refractivity contribution in [2.45, 2.75) is 19.5 Å². The molecule has 0 aliphatic carbocycles. The molecule has 1 aromatic heterocycles. The third kappa shape index (κ3) is 4.79. The first-order valence-corrected chi connectivity index (χ1v) is 11.6. The predicted octanol–water partition coefficient (Wildman–Crippen LogP) is 4.84. The summed E-state index contributed by atoms with van der Waals surface area (Å²) in [5.74, 6) is -0.366. The van der Waals surface area contributed by atoms with Crippen LogP contribution in [-0.2, 0) is 24.2 Å². The van der Waals surface area contributed by atoms with Gasteiger partial charge in [-0.2, -0.15) is 0 Å². The Morgan fingerprint density at radius 2 is 1.69 bits per heavy atom. The summed E-state index contributed by atoms with van der Waals surface area (Å²) in [7, 11) is 1.51. The van der Waals surface area contributed by atoms with Crippen molar-refractivity contribution >= 4 is 22.7 Å². The van der Waals surface area contributed by atoms with Gasteiger partial charge in [-0.3, -0.25) is 14.7 Å². The lowest BCUT2D eigenvalue weighted by molar-refractivity contribution is 0.0473. The molecule has 0 bridgehead atoms. The Labute approximate surface area is 204 Å². The molecule has 0 amide bonds. The number of hydrogen-bond donors (Lipinski definition) is 0. The minimum atomic E-state index is -0.510. The summed E-state index contributed by atoms with van der Waals surface area (Å²) >= 11 is 0. The highest BCUT2D eigenvalue weighted by molar-refractivity contribution is 6.07. The van der Waals surface area contributed by atoms with E-state index in [0.29, 0.717) is 23.4 Å². The lowest BCUT2D eigenvalue weighted by atomic mass is 9.95. The van der Waals surface area contributed by atoms with Crippen LogP contribution in [0.25, 0.3) is 10.9 Å². The number of carbonyl (C=O) groups excluding carboxylic acids is 2. The highest BCUT2D eigenvalue weighted by Gasteiger charge is 2.27. The second-order valence-corrected chi connectivity index (χ2v) is 8.58. The lowest BCUT2D eigenvalue weighted by Crippen LogP contribution is -2.32. The maximum atomic E-state index is 13.4. The number of pyridine rings is 1. The van der Waals surface area contributed by atoms with E-state index in [9.17, 15) is 9.59 Å². The second kappa shape index (κ2) is 10.1. The highest BCUT2D eigenvalue weighted by atomic mass is 16.5. The van der Waals surface area contributed by atoms with Crippen LogP contribution in [-0.4, -0.2) is 41.9 Å². The number of fused-ring (bicyclic) bond motifs is 2. The van der Waals surface area contributed by atoms with Crippen molar-refractivity contribution in [3.05, 3.63) is 107 Å². The first-order valence-electron chi connectivity index (χ1n) is 11.6. The summed E-state index contributed by atoms with van der Waals surface area (Å²) in [5.41, 5.74) is 4.65. The standard InChI is InChI=1S/C29H26N2O4/c1-34-27-14-8-6-12-22(27)26(32)19-35-29(33)28-21-11-5-7-13-24(21)30-25-15-16-31(18-23(25)28)17-20-9-3-2-4-10-20/h2-14H,15-19H2,1H3. The van der Waals surface area contributed by atoms with Crippen LogP contribution in [0.1, 0.15) is 37.5 Å². The van der Waals surface area contributed by atoms with E-state index >= 15 is 0 Å². The third-order valence-electron chi connectivity index (χ3n) is 6.32. The Bertz CT molecular complexity index is 1380. The van der Waals surface area contributed by atoms with E-state index in [1.54, 1.807) is 24.3 Å². The first kappa shape index (κ1) is 22.7. The van der Waals surface area contributed by atoms with Gasteiger partial charge in [0.05, 0.1) is 23.8 Å². The molecule has 176 valence electrons. The Morgan fingerprint density at radius 1 is 0.943 bits per heavy atom. The minimum absolute atomic E-state index is 0.311. The largest absolute Gasteiger partial charge is 0.496 e. The van der Waals surface area contributed by atoms with Crippen LogP contribution < -0.4 is 4.74 Å². The van der Waals surface area contributed by atoms with Crippen LogP contribution >= 0.6 is 0 Å². The van der Waals surface area contributed by atoms with Crippen molar-refractivity contribution in [2.24, 2.45) is 0 Å². The smallest absolute Gasteiger partial charge is 0.339 e. The fraction of sp³-hybridized carbons (Fsp3) is 0.207. The number of carbonyl (C=O) groups is 2. The van der Waals surface area contributed by atoms with Gasteiger partial charge in [-0.05, 0) is 23.8 Å². The quantitative estimate of drug-likeness (QED) is 0.287. The van der Waals surface area contributed by atoms with Crippen LogP contribution in [0.15, 0.2) is 78.9 Å². The Morgan fingerprint density at radius 3 is 2.51 bits per heavy atom. The van der Waals surface area contributed by atoms with Crippen LogP contribution in [0.4, 0.5) is 0 Å². The minimum Gasteiger partial charge on any atom is -0.496 e. The molecule has 1 aliphatic heterocycles. The summed E-state index contributed by atoms with van der Waals surface area (Å²) in [6.45, 7) is 1.87. The number of benzene rings is 3. The number of ether oxygens (including phenoxy) is 2. The molecule has 3 aromatic carbocycles. The van der Waals surface area contributed by atoms with Crippen LogP contribution in [0.3, 0.4) is 0 Å². The Hall–Kier alpha value is -4.03. The zero-order valence-electron chi connectivity index (χ0n) is 19.6. The average Bonchev–Trinajstić information content (AvgIpc) is 2.90. The predicted molar refractivity (Wildman–Crippen MR) is 134 cm³/mol. The molecular weight excluding hydrogens is 440 g/mol. The summed E-state index contributed by atoms with van der Waals surface area (Å²) < 4.78 is 10.9. The van der Waals surface area contributed by atoms with Gasteiger partial charge in [0.2, 0.25) is 5.78 Å². The van der Waals surface area contributed by atoms with Gasteiger partial charge in [-0.15, -0.1) is 0 Å². The van der Waals surface area contributed by atoms with Gasteiger partial charge in [0.1, 0.15) is 5.75 Å². The first-order chi connectivity index (χ1) is 17.1. The number of methoxy groups -OCH3 is 1. The Balaban J connectivity index is 1.43. The average molecular weight is 467 g/mol. The molecule has 2 heterocycles. The van der Waals surface area contributed by atoms with Crippen molar-refractivity contribution in [2.75, 3.05) is 20.3 Å². The number of esters is 1. The lowest BCUT2D eigenvalue weighted by Gasteiger charge is -2.30. The van der Waals surface area contributed by atoms with Crippen LogP contribution in [0, 0.1) is 0 Å². The molecule has 35 heavy (non-hydrogen) atoms. The number of rotatable bonds is 7. The van der Waals surface area contributed by atoms with Gasteiger partial charge in [-0.1, -0.05) is 60.7 Å². The maximum absolute atomic E-state index is 13.4. The van der Waals surface area contributed by atoms with Gasteiger partial charge in [-0.25, -0.2) is 4.79 Å². The number of hydrogen-bond acceptors (Lipinski definition) is 6. The summed E-state index contributed by atoms with van der Waals surface area (Å²) in [6, 6.07) is 24.8. The van der Waals surface area contributed by atoms with Crippen LogP contribution in [0.2, 0.25) is 0 Å².